The predicted molar refractivity (Wildman–Crippen MR) is 53.1 cm³/mol. The molecule has 0 rings (SSSR count). The molecule has 0 bridgehead atoms. The van der Waals surface area contributed by atoms with E-state index in [0.29, 0.717) is 0 Å². The van der Waals surface area contributed by atoms with Crippen molar-refractivity contribution >= 4 is 6.29 Å². The van der Waals surface area contributed by atoms with Crippen molar-refractivity contribution in [1.29, 1.82) is 0 Å². The predicted octanol–water partition coefficient (Wildman–Crippen LogP) is 3.35. The standard InChI is InChI=1S/C11H20O/c1-4-7-11(10-12,8-5-2)9-6-3/h4,10H,1,5-9H2,2-3H3. The molecule has 0 radical (unpaired) electrons. The van der Waals surface area contributed by atoms with E-state index in [9.17, 15) is 4.79 Å². The summed E-state index contributed by atoms with van der Waals surface area (Å²) in [6.45, 7) is 7.94. The highest BCUT2D eigenvalue weighted by molar-refractivity contribution is 5.59. The molecule has 0 aliphatic rings. The summed E-state index contributed by atoms with van der Waals surface area (Å²) >= 11 is 0. The smallest absolute Gasteiger partial charge is 0.126 e. The van der Waals surface area contributed by atoms with Crippen molar-refractivity contribution < 1.29 is 4.79 Å². The average molecular weight is 168 g/mol. The molecule has 1 nitrogen and oxygen atoms in total. The molecule has 0 fully saturated rings. The second-order valence-electron chi connectivity index (χ2n) is 3.47. The van der Waals surface area contributed by atoms with Crippen molar-refractivity contribution in [3.63, 3.8) is 0 Å². The van der Waals surface area contributed by atoms with Gasteiger partial charge in [-0.15, -0.1) is 6.58 Å². The van der Waals surface area contributed by atoms with Gasteiger partial charge in [-0.3, -0.25) is 0 Å². The Morgan fingerprint density at radius 3 is 2.00 bits per heavy atom. The van der Waals surface area contributed by atoms with Gasteiger partial charge in [0.05, 0.1) is 0 Å². The van der Waals surface area contributed by atoms with Gasteiger partial charge in [-0.1, -0.05) is 32.8 Å². The third kappa shape index (κ3) is 3.21. The van der Waals surface area contributed by atoms with Gasteiger partial charge in [0.2, 0.25) is 0 Å². The van der Waals surface area contributed by atoms with Gasteiger partial charge >= 0.3 is 0 Å². The Morgan fingerprint density at radius 2 is 1.75 bits per heavy atom. The van der Waals surface area contributed by atoms with E-state index >= 15 is 0 Å². The van der Waals surface area contributed by atoms with Gasteiger partial charge in [0.15, 0.2) is 0 Å². The highest BCUT2D eigenvalue weighted by atomic mass is 16.1. The summed E-state index contributed by atoms with van der Waals surface area (Å²) in [5.41, 5.74) is -0.106. The van der Waals surface area contributed by atoms with Crippen molar-refractivity contribution in [2.24, 2.45) is 5.41 Å². The monoisotopic (exact) mass is 168 g/mol. The minimum Gasteiger partial charge on any atom is -0.303 e. The van der Waals surface area contributed by atoms with Gasteiger partial charge in [-0.2, -0.15) is 0 Å². The van der Waals surface area contributed by atoms with E-state index in [1.165, 1.54) is 0 Å². The first kappa shape index (κ1) is 11.4. The summed E-state index contributed by atoms with van der Waals surface area (Å²) in [5, 5.41) is 0. The number of hydrogen-bond donors (Lipinski definition) is 0. The highest BCUT2D eigenvalue weighted by Gasteiger charge is 2.25. The third-order valence-electron chi connectivity index (χ3n) is 2.30. The number of hydrogen-bond acceptors (Lipinski definition) is 1. The van der Waals surface area contributed by atoms with Gasteiger partial charge in [0.25, 0.3) is 0 Å². The molecule has 0 aliphatic heterocycles. The zero-order chi connectivity index (χ0) is 9.45. The molecule has 0 heterocycles. The molecule has 70 valence electrons. The van der Waals surface area contributed by atoms with Gasteiger partial charge in [0.1, 0.15) is 6.29 Å². The maximum absolute atomic E-state index is 10.9. The Bertz CT molecular complexity index is 132. The minimum absolute atomic E-state index is 0.106. The van der Waals surface area contributed by atoms with E-state index in [0.717, 1.165) is 38.4 Å². The molecule has 0 aliphatic carbocycles. The average Bonchev–Trinajstić information content (AvgIpc) is 2.06. The quantitative estimate of drug-likeness (QED) is 0.421. The van der Waals surface area contributed by atoms with E-state index < -0.39 is 0 Å². The Labute approximate surface area is 75.9 Å². The summed E-state index contributed by atoms with van der Waals surface area (Å²) in [7, 11) is 0. The molecule has 0 saturated carbocycles. The molecule has 1 heteroatoms. The van der Waals surface area contributed by atoms with Crippen LogP contribution in [0.1, 0.15) is 46.0 Å². The van der Waals surface area contributed by atoms with Crippen molar-refractivity contribution in [3.05, 3.63) is 12.7 Å². The summed E-state index contributed by atoms with van der Waals surface area (Å²) in [6.07, 6.45) is 7.96. The summed E-state index contributed by atoms with van der Waals surface area (Å²) < 4.78 is 0. The fraction of sp³-hybridized carbons (Fsp3) is 0.727. The largest absolute Gasteiger partial charge is 0.303 e. The van der Waals surface area contributed by atoms with Crippen molar-refractivity contribution in [1.82, 2.24) is 0 Å². The molecular weight excluding hydrogens is 148 g/mol. The van der Waals surface area contributed by atoms with Crippen molar-refractivity contribution in [2.45, 2.75) is 46.0 Å². The Morgan fingerprint density at radius 1 is 1.25 bits per heavy atom. The fourth-order valence-electron chi connectivity index (χ4n) is 1.78. The highest BCUT2D eigenvalue weighted by Crippen LogP contribution is 2.31. The summed E-state index contributed by atoms with van der Waals surface area (Å²) in [6, 6.07) is 0. The molecule has 0 aromatic carbocycles. The molecule has 0 spiro atoms. The first-order chi connectivity index (χ1) is 5.74. The normalized spacial score (nSPS) is 11.2. The van der Waals surface area contributed by atoms with Crippen LogP contribution in [0.25, 0.3) is 0 Å². The van der Waals surface area contributed by atoms with Crippen molar-refractivity contribution in [2.75, 3.05) is 0 Å². The van der Waals surface area contributed by atoms with E-state index in [2.05, 4.69) is 20.4 Å². The van der Waals surface area contributed by atoms with Crippen LogP contribution in [-0.4, -0.2) is 6.29 Å². The molecule has 0 amide bonds. The lowest BCUT2D eigenvalue weighted by Gasteiger charge is -2.25. The summed E-state index contributed by atoms with van der Waals surface area (Å²) in [4.78, 5) is 10.9. The SMILES string of the molecule is C=CCC(C=O)(CCC)CCC. The first-order valence-electron chi connectivity index (χ1n) is 4.82. The number of allylic oxidation sites excluding steroid dienone is 1. The van der Waals surface area contributed by atoms with Crippen molar-refractivity contribution in [3.8, 4) is 0 Å². The lowest BCUT2D eigenvalue weighted by atomic mass is 9.78. The van der Waals surface area contributed by atoms with Crippen LogP contribution in [0.15, 0.2) is 12.7 Å². The number of carbonyl (C=O) groups excluding carboxylic acids is 1. The molecule has 0 aromatic heterocycles. The van der Waals surface area contributed by atoms with Crippen LogP contribution < -0.4 is 0 Å². The molecule has 0 N–H and O–H groups in total. The molecule has 0 aromatic rings. The topological polar surface area (TPSA) is 17.1 Å². The van der Waals surface area contributed by atoms with Crippen LogP contribution in [0.2, 0.25) is 0 Å². The van der Waals surface area contributed by atoms with Gasteiger partial charge in [-0.05, 0) is 19.3 Å². The van der Waals surface area contributed by atoms with Crippen LogP contribution in [0, 0.1) is 5.41 Å². The Kier molecular flexibility index (Phi) is 5.69. The molecule has 12 heavy (non-hydrogen) atoms. The zero-order valence-electron chi connectivity index (χ0n) is 8.31. The van der Waals surface area contributed by atoms with Gasteiger partial charge in [0, 0.05) is 5.41 Å². The lowest BCUT2D eigenvalue weighted by molar-refractivity contribution is -0.116. The van der Waals surface area contributed by atoms with Gasteiger partial charge < -0.3 is 4.79 Å². The number of aldehydes is 1. The van der Waals surface area contributed by atoms with Crippen LogP contribution in [0.3, 0.4) is 0 Å². The van der Waals surface area contributed by atoms with E-state index in [1.807, 2.05) is 6.08 Å². The van der Waals surface area contributed by atoms with Gasteiger partial charge in [-0.25, -0.2) is 0 Å². The van der Waals surface area contributed by atoms with E-state index in [4.69, 9.17) is 0 Å². The molecule has 0 atom stereocenters. The Hall–Kier alpha value is -0.590. The van der Waals surface area contributed by atoms with E-state index in [-0.39, 0.29) is 5.41 Å². The maximum atomic E-state index is 10.9. The van der Waals surface area contributed by atoms with Crippen LogP contribution in [0.4, 0.5) is 0 Å². The summed E-state index contributed by atoms with van der Waals surface area (Å²) in [5.74, 6) is 0. The second kappa shape index (κ2) is 5.99. The first-order valence-corrected chi connectivity index (χ1v) is 4.82. The van der Waals surface area contributed by atoms with Crippen LogP contribution >= 0.6 is 0 Å². The number of carbonyl (C=O) groups is 1. The van der Waals surface area contributed by atoms with E-state index in [1.54, 1.807) is 0 Å². The molecule has 0 unspecified atom stereocenters. The van der Waals surface area contributed by atoms with Crippen LogP contribution in [0.5, 0.6) is 0 Å². The third-order valence-corrected chi connectivity index (χ3v) is 2.30. The number of rotatable bonds is 7. The second-order valence-corrected chi connectivity index (χ2v) is 3.47. The molecule has 0 saturated heterocycles. The minimum atomic E-state index is -0.106. The zero-order valence-corrected chi connectivity index (χ0v) is 8.31. The maximum Gasteiger partial charge on any atom is 0.126 e. The Balaban J connectivity index is 4.25. The molecular formula is C11H20O. The lowest BCUT2D eigenvalue weighted by Crippen LogP contribution is -2.21. The van der Waals surface area contributed by atoms with Crippen LogP contribution in [-0.2, 0) is 4.79 Å². The fourth-order valence-corrected chi connectivity index (χ4v) is 1.78.